The molecule has 1 aliphatic rings. The molecule has 134 valence electrons. The third kappa shape index (κ3) is 3.32. The number of methoxy groups -OCH3 is 1. The van der Waals surface area contributed by atoms with Gasteiger partial charge in [0.1, 0.15) is 5.75 Å². The molecule has 0 aliphatic carbocycles. The molecule has 4 rings (SSSR count). The molecule has 0 atom stereocenters. The lowest BCUT2D eigenvalue weighted by atomic mass is 9.90. The minimum Gasteiger partial charge on any atom is -0.497 e. The molecule has 1 amide bonds. The van der Waals surface area contributed by atoms with Crippen molar-refractivity contribution in [2.24, 2.45) is 5.92 Å². The summed E-state index contributed by atoms with van der Waals surface area (Å²) in [7, 11) is 1.65. The number of carbonyl (C=O) groups excluding carboxylic acids is 1. The number of carbonyl (C=O) groups is 1. The molecule has 1 aromatic heterocycles. The van der Waals surface area contributed by atoms with E-state index in [0.29, 0.717) is 5.92 Å². The number of ether oxygens (including phenoxy) is 1. The number of aromatic amines is 1. The number of fused-ring (bicyclic) bond motifs is 1. The minimum absolute atomic E-state index is 0.114. The number of H-pyrrole nitrogens is 1. The SMILES string of the molecule is COc1ccc2[nH]cc(C(=O)N3CCC(Cc4ccccc4)CC3)c2c1. The zero-order chi connectivity index (χ0) is 17.9. The van der Waals surface area contributed by atoms with Gasteiger partial charge in [0, 0.05) is 30.2 Å². The van der Waals surface area contributed by atoms with Crippen LogP contribution in [0.3, 0.4) is 0 Å². The Labute approximate surface area is 153 Å². The fourth-order valence-corrected chi connectivity index (χ4v) is 3.86. The molecule has 2 aromatic carbocycles. The van der Waals surface area contributed by atoms with Crippen LogP contribution in [0.5, 0.6) is 5.75 Å². The van der Waals surface area contributed by atoms with Gasteiger partial charge in [-0.3, -0.25) is 4.79 Å². The predicted molar refractivity (Wildman–Crippen MR) is 104 cm³/mol. The van der Waals surface area contributed by atoms with Crippen LogP contribution in [0.25, 0.3) is 10.9 Å². The third-order valence-electron chi connectivity index (χ3n) is 5.39. The molecule has 4 nitrogen and oxygen atoms in total. The highest BCUT2D eigenvalue weighted by Gasteiger charge is 2.25. The van der Waals surface area contributed by atoms with Crippen molar-refractivity contribution in [3.05, 3.63) is 65.9 Å². The Bertz CT molecular complexity index is 893. The predicted octanol–water partition coefficient (Wildman–Crippen LogP) is 4.27. The van der Waals surface area contributed by atoms with E-state index in [-0.39, 0.29) is 5.91 Å². The fourth-order valence-electron chi connectivity index (χ4n) is 3.86. The van der Waals surface area contributed by atoms with E-state index in [0.717, 1.165) is 54.6 Å². The first-order chi connectivity index (χ1) is 12.7. The molecule has 3 aromatic rings. The number of aromatic nitrogens is 1. The summed E-state index contributed by atoms with van der Waals surface area (Å²) in [6.07, 6.45) is 5.05. The minimum atomic E-state index is 0.114. The highest BCUT2D eigenvalue weighted by atomic mass is 16.5. The Hall–Kier alpha value is -2.75. The summed E-state index contributed by atoms with van der Waals surface area (Å²) in [5.41, 5.74) is 3.09. The van der Waals surface area contributed by atoms with Gasteiger partial charge in [-0.05, 0) is 48.9 Å². The van der Waals surface area contributed by atoms with Crippen molar-refractivity contribution in [3.8, 4) is 5.75 Å². The highest BCUT2D eigenvalue weighted by Crippen LogP contribution is 2.27. The number of nitrogens with zero attached hydrogens (tertiary/aromatic N) is 1. The molecule has 4 heteroatoms. The van der Waals surface area contributed by atoms with Gasteiger partial charge in [0.2, 0.25) is 0 Å². The van der Waals surface area contributed by atoms with Gasteiger partial charge in [0.15, 0.2) is 0 Å². The standard InChI is InChI=1S/C22H24N2O2/c1-26-18-7-8-21-19(14-18)20(15-23-21)22(25)24-11-9-17(10-12-24)13-16-5-3-2-4-6-16/h2-8,14-15,17,23H,9-13H2,1H3. The maximum absolute atomic E-state index is 13.0. The topological polar surface area (TPSA) is 45.3 Å². The smallest absolute Gasteiger partial charge is 0.256 e. The van der Waals surface area contributed by atoms with Gasteiger partial charge < -0.3 is 14.6 Å². The van der Waals surface area contributed by atoms with E-state index in [1.54, 1.807) is 7.11 Å². The quantitative estimate of drug-likeness (QED) is 0.765. The van der Waals surface area contributed by atoms with E-state index in [9.17, 15) is 4.79 Å². The Morgan fingerprint density at radius 1 is 1.15 bits per heavy atom. The third-order valence-corrected chi connectivity index (χ3v) is 5.39. The number of hydrogen-bond donors (Lipinski definition) is 1. The van der Waals surface area contributed by atoms with Crippen molar-refractivity contribution in [1.29, 1.82) is 0 Å². The van der Waals surface area contributed by atoms with Crippen LogP contribution in [0.2, 0.25) is 0 Å². The fraction of sp³-hybridized carbons (Fsp3) is 0.318. The molecule has 1 saturated heterocycles. The van der Waals surface area contributed by atoms with Crippen LogP contribution in [0.4, 0.5) is 0 Å². The van der Waals surface area contributed by atoms with Gasteiger partial charge in [-0.1, -0.05) is 30.3 Å². The van der Waals surface area contributed by atoms with Gasteiger partial charge in [-0.2, -0.15) is 0 Å². The molecule has 1 fully saturated rings. The average molecular weight is 348 g/mol. The molecule has 0 bridgehead atoms. The van der Waals surface area contributed by atoms with E-state index in [2.05, 4.69) is 35.3 Å². The van der Waals surface area contributed by atoms with Crippen LogP contribution >= 0.6 is 0 Å². The highest BCUT2D eigenvalue weighted by molar-refractivity contribution is 6.07. The van der Waals surface area contributed by atoms with E-state index in [1.807, 2.05) is 29.3 Å². The van der Waals surface area contributed by atoms with E-state index >= 15 is 0 Å². The zero-order valence-electron chi connectivity index (χ0n) is 15.1. The molecular weight excluding hydrogens is 324 g/mol. The first-order valence-electron chi connectivity index (χ1n) is 9.23. The van der Waals surface area contributed by atoms with Crippen molar-refractivity contribution in [3.63, 3.8) is 0 Å². The number of nitrogens with one attached hydrogen (secondary N) is 1. The first kappa shape index (κ1) is 16.7. The average Bonchev–Trinajstić information content (AvgIpc) is 3.12. The van der Waals surface area contributed by atoms with Gasteiger partial charge in [-0.25, -0.2) is 0 Å². The largest absolute Gasteiger partial charge is 0.497 e. The van der Waals surface area contributed by atoms with Gasteiger partial charge in [-0.15, -0.1) is 0 Å². The van der Waals surface area contributed by atoms with Gasteiger partial charge in [0.05, 0.1) is 12.7 Å². The Kier molecular flexibility index (Phi) is 4.65. The number of benzene rings is 2. The van der Waals surface area contributed by atoms with E-state index in [1.165, 1.54) is 5.56 Å². The van der Waals surface area contributed by atoms with Crippen LogP contribution in [0.1, 0.15) is 28.8 Å². The molecule has 0 saturated carbocycles. The Morgan fingerprint density at radius 3 is 2.65 bits per heavy atom. The van der Waals surface area contributed by atoms with Crippen molar-refractivity contribution in [2.45, 2.75) is 19.3 Å². The second-order valence-corrected chi connectivity index (χ2v) is 7.04. The van der Waals surface area contributed by atoms with Gasteiger partial charge >= 0.3 is 0 Å². The zero-order valence-corrected chi connectivity index (χ0v) is 15.1. The molecule has 0 spiro atoms. The monoisotopic (exact) mass is 348 g/mol. The van der Waals surface area contributed by atoms with E-state index < -0.39 is 0 Å². The number of likely N-dealkylation sites (tertiary alicyclic amines) is 1. The second kappa shape index (κ2) is 7.24. The summed E-state index contributed by atoms with van der Waals surface area (Å²) in [5.74, 6) is 1.54. The molecule has 0 radical (unpaired) electrons. The van der Waals surface area contributed by atoms with Crippen LogP contribution < -0.4 is 4.74 Å². The molecule has 0 unspecified atom stereocenters. The van der Waals surface area contributed by atoms with Crippen molar-refractivity contribution >= 4 is 16.8 Å². The summed E-state index contributed by atoms with van der Waals surface area (Å²) >= 11 is 0. The Balaban J connectivity index is 1.44. The normalized spacial score (nSPS) is 15.3. The number of rotatable bonds is 4. The summed E-state index contributed by atoms with van der Waals surface area (Å²) in [6, 6.07) is 16.4. The summed E-state index contributed by atoms with van der Waals surface area (Å²) in [4.78, 5) is 18.2. The molecular formula is C22H24N2O2. The van der Waals surface area contributed by atoms with Crippen LogP contribution in [-0.4, -0.2) is 36.0 Å². The maximum atomic E-state index is 13.0. The van der Waals surface area contributed by atoms with Crippen molar-refractivity contribution < 1.29 is 9.53 Å². The Morgan fingerprint density at radius 2 is 1.92 bits per heavy atom. The summed E-state index contributed by atoms with van der Waals surface area (Å²) < 4.78 is 5.30. The summed E-state index contributed by atoms with van der Waals surface area (Å²) in [5, 5.41) is 0.931. The lowest BCUT2D eigenvalue weighted by molar-refractivity contribution is 0.0692. The second-order valence-electron chi connectivity index (χ2n) is 7.04. The van der Waals surface area contributed by atoms with E-state index in [4.69, 9.17) is 4.74 Å². The molecule has 1 N–H and O–H groups in total. The van der Waals surface area contributed by atoms with Crippen molar-refractivity contribution in [2.75, 3.05) is 20.2 Å². The molecule has 26 heavy (non-hydrogen) atoms. The summed E-state index contributed by atoms with van der Waals surface area (Å²) in [6.45, 7) is 1.65. The molecule has 2 heterocycles. The van der Waals surface area contributed by atoms with Crippen LogP contribution in [-0.2, 0) is 6.42 Å². The van der Waals surface area contributed by atoms with Gasteiger partial charge in [0.25, 0.3) is 5.91 Å². The number of piperidine rings is 1. The lowest BCUT2D eigenvalue weighted by Crippen LogP contribution is -2.38. The van der Waals surface area contributed by atoms with Crippen LogP contribution in [0, 0.1) is 5.92 Å². The number of amides is 1. The number of hydrogen-bond acceptors (Lipinski definition) is 2. The van der Waals surface area contributed by atoms with Crippen molar-refractivity contribution in [1.82, 2.24) is 9.88 Å². The first-order valence-corrected chi connectivity index (χ1v) is 9.23. The molecule has 1 aliphatic heterocycles. The van der Waals surface area contributed by atoms with Crippen LogP contribution in [0.15, 0.2) is 54.7 Å². The lowest BCUT2D eigenvalue weighted by Gasteiger charge is -2.32. The maximum Gasteiger partial charge on any atom is 0.256 e.